The lowest BCUT2D eigenvalue weighted by Gasteiger charge is -2.11. The van der Waals surface area contributed by atoms with E-state index in [1.807, 2.05) is 23.1 Å². The largest absolute Gasteiger partial charge is 0.339 e. The Hall–Kier alpha value is -1.57. The average Bonchev–Trinajstić information content (AvgIpc) is 2.79. The van der Waals surface area contributed by atoms with Crippen LogP contribution in [0, 0.1) is 6.92 Å². The van der Waals surface area contributed by atoms with Crippen molar-refractivity contribution in [3.63, 3.8) is 0 Å². The molecule has 2 heteroatoms. The number of hydrogen-bond donors (Lipinski definition) is 0. The van der Waals surface area contributed by atoms with Gasteiger partial charge in [0.2, 0.25) is 5.91 Å². The number of likely N-dealkylation sites (tertiary alicyclic amines) is 1. The van der Waals surface area contributed by atoms with E-state index >= 15 is 0 Å². The number of aryl methyl sites for hydroxylation is 1. The van der Waals surface area contributed by atoms with E-state index in [1.165, 1.54) is 5.56 Å². The average molecular weight is 215 g/mol. The molecule has 1 aromatic rings. The smallest absolute Gasteiger partial charge is 0.246 e. The van der Waals surface area contributed by atoms with Crippen molar-refractivity contribution < 1.29 is 4.79 Å². The zero-order valence-electron chi connectivity index (χ0n) is 9.65. The van der Waals surface area contributed by atoms with Gasteiger partial charge in [-0.3, -0.25) is 4.79 Å². The first-order chi connectivity index (χ1) is 7.75. The molecule has 0 unspecified atom stereocenters. The van der Waals surface area contributed by atoms with Crippen molar-refractivity contribution in [3.8, 4) is 0 Å². The van der Waals surface area contributed by atoms with E-state index in [0.717, 1.165) is 31.5 Å². The zero-order chi connectivity index (χ0) is 11.4. The fraction of sp³-hybridized carbons (Fsp3) is 0.357. The number of nitrogens with zero attached hydrogens (tertiary/aromatic N) is 1. The molecule has 0 atom stereocenters. The molecule has 1 aromatic carbocycles. The van der Waals surface area contributed by atoms with Crippen LogP contribution in [0.2, 0.25) is 0 Å². The lowest BCUT2D eigenvalue weighted by atomic mass is 10.1. The summed E-state index contributed by atoms with van der Waals surface area (Å²) in [5, 5.41) is 0. The van der Waals surface area contributed by atoms with Gasteiger partial charge in [0.05, 0.1) is 0 Å². The van der Waals surface area contributed by atoms with Crippen LogP contribution in [0.3, 0.4) is 0 Å². The molecule has 0 spiro atoms. The highest BCUT2D eigenvalue weighted by molar-refractivity contribution is 5.91. The third-order valence-corrected chi connectivity index (χ3v) is 2.88. The predicted octanol–water partition coefficient (Wildman–Crippen LogP) is 2.63. The molecule has 16 heavy (non-hydrogen) atoms. The van der Waals surface area contributed by atoms with Gasteiger partial charge >= 0.3 is 0 Å². The van der Waals surface area contributed by atoms with Gasteiger partial charge in [-0.05, 0) is 31.4 Å². The van der Waals surface area contributed by atoms with Gasteiger partial charge in [0.15, 0.2) is 0 Å². The molecule has 84 valence electrons. The zero-order valence-corrected chi connectivity index (χ0v) is 9.65. The quantitative estimate of drug-likeness (QED) is 0.694. The first-order valence-corrected chi connectivity index (χ1v) is 5.79. The van der Waals surface area contributed by atoms with Crippen LogP contribution in [0.1, 0.15) is 24.0 Å². The summed E-state index contributed by atoms with van der Waals surface area (Å²) in [6.07, 6.45) is 5.86. The van der Waals surface area contributed by atoms with Crippen LogP contribution in [0.25, 0.3) is 6.08 Å². The number of rotatable bonds is 2. The van der Waals surface area contributed by atoms with E-state index in [2.05, 4.69) is 19.1 Å². The van der Waals surface area contributed by atoms with Crippen LogP contribution >= 0.6 is 0 Å². The molecular formula is C14H17NO. The first-order valence-electron chi connectivity index (χ1n) is 5.79. The molecule has 0 N–H and O–H groups in total. The van der Waals surface area contributed by atoms with Gasteiger partial charge in [-0.15, -0.1) is 0 Å². The second-order valence-corrected chi connectivity index (χ2v) is 4.28. The number of carbonyl (C=O) groups excluding carboxylic acids is 1. The Morgan fingerprint density at radius 2 is 2.06 bits per heavy atom. The van der Waals surface area contributed by atoms with E-state index in [0.29, 0.717) is 0 Å². The predicted molar refractivity (Wildman–Crippen MR) is 66.0 cm³/mol. The second-order valence-electron chi connectivity index (χ2n) is 4.28. The molecule has 2 nitrogen and oxygen atoms in total. The van der Waals surface area contributed by atoms with Crippen LogP contribution < -0.4 is 0 Å². The van der Waals surface area contributed by atoms with Crippen molar-refractivity contribution in [2.75, 3.05) is 13.1 Å². The third kappa shape index (κ3) is 2.72. The number of hydrogen-bond acceptors (Lipinski definition) is 1. The molecule has 0 bridgehead atoms. The van der Waals surface area contributed by atoms with E-state index in [-0.39, 0.29) is 5.91 Å². The molecule has 0 aliphatic carbocycles. The maximum atomic E-state index is 11.7. The van der Waals surface area contributed by atoms with Gasteiger partial charge in [-0.25, -0.2) is 0 Å². The fourth-order valence-electron chi connectivity index (χ4n) is 1.98. The standard InChI is InChI=1S/C14H17NO/c1-12-5-4-6-13(11-12)7-8-14(16)15-9-2-3-10-15/h4-8,11H,2-3,9-10H2,1H3. The Bertz CT molecular complexity index is 403. The Morgan fingerprint density at radius 3 is 2.75 bits per heavy atom. The highest BCUT2D eigenvalue weighted by Crippen LogP contribution is 2.10. The van der Waals surface area contributed by atoms with Gasteiger partial charge in [0, 0.05) is 19.2 Å². The third-order valence-electron chi connectivity index (χ3n) is 2.88. The molecule has 0 aromatic heterocycles. The molecular weight excluding hydrogens is 198 g/mol. The molecule has 2 rings (SSSR count). The number of benzene rings is 1. The van der Waals surface area contributed by atoms with Gasteiger partial charge in [-0.2, -0.15) is 0 Å². The summed E-state index contributed by atoms with van der Waals surface area (Å²) in [5.74, 6) is 0.138. The van der Waals surface area contributed by atoms with E-state index in [4.69, 9.17) is 0 Å². The fourth-order valence-corrected chi connectivity index (χ4v) is 1.98. The van der Waals surface area contributed by atoms with Gasteiger partial charge < -0.3 is 4.90 Å². The second kappa shape index (κ2) is 4.97. The lowest BCUT2D eigenvalue weighted by Crippen LogP contribution is -2.25. The Morgan fingerprint density at radius 1 is 1.31 bits per heavy atom. The van der Waals surface area contributed by atoms with E-state index < -0.39 is 0 Å². The minimum absolute atomic E-state index is 0.138. The highest BCUT2D eigenvalue weighted by Gasteiger charge is 2.14. The highest BCUT2D eigenvalue weighted by atomic mass is 16.2. The molecule has 1 fully saturated rings. The Balaban J connectivity index is 2.00. The number of amides is 1. The Kier molecular flexibility index (Phi) is 3.40. The topological polar surface area (TPSA) is 20.3 Å². The summed E-state index contributed by atoms with van der Waals surface area (Å²) < 4.78 is 0. The van der Waals surface area contributed by atoms with Crippen molar-refractivity contribution >= 4 is 12.0 Å². The minimum Gasteiger partial charge on any atom is -0.339 e. The maximum absolute atomic E-state index is 11.7. The maximum Gasteiger partial charge on any atom is 0.246 e. The molecule has 1 aliphatic rings. The van der Waals surface area contributed by atoms with Crippen LogP contribution in [0.4, 0.5) is 0 Å². The minimum atomic E-state index is 0.138. The van der Waals surface area contributed by atoms with Crippen molar-refractivity contribution in [1.82, 2.24) is 4.90 Å². The summed E-state index contributed by atoms with van der Waals surface area (Å²) >= 11 is 0. The first kappa shape index (κ1) is 10.9. The summed E-state index contributed by atoms with van der Waals surface area (Å²) in [5.41, 5.74) is 2.31. The normalized spacial score (nSPS) is 15.9. The van der Waals surface area contributed by atoms with Crippen molar-refractivity contribution in [3.05, 3.63) is 41.5 Å². The van der Waals surface area contributed by atoms with Crippen LogP contribution in [-0.4, -0.2) is 23.9 Å². The summed E-state index contributed by atoms with van der Waals surface area (Å²) in [4.78, 5) is 13.7. The van der Waals surface area contributed by atoms with Gasteiger partial charge in [-0.1, -0.05) is 29.8 Å². The SMILES string of the molecule is Cc1cccc(C=CC(=O)N2CCCC2)c1. The van der Waals surface area contributed by atoms with Crippen molar-refractivity contribution in [1.29, 1.82) is 0 Å². The van der Waals surface area contributed by atoms with Gasteiger partial charge in [0.1, 0.15) is 0 Å². The number of carbonyl (C=O) groups is 1. The molecule has 1 amide bonds. The molecule has 1 aliphatic heterocycles. The monoisotopic (exact) mass is 215 g/mol. The van der Waals surface area contributed by atoms with Crippen molar-refractivity contribution in [2.45, 2.75) is 19.8 Å². The van der Waals surface area contributed by atoms with Crippen LogP contribution in [0.5, 0.6) is 0 Å². The van der Waals surface area contributed by atoms with Crippen LogP contribution in [0.15, 0.2) is 30.3 Å². The molecule has 0 saturated carbocycles. The molecule has 1 saturated heterocycles. The van der Waals surface area contributed by atoms with E-state index in [9.17, 15) is 4.79 Å². The van der Waals surface area contributed by atoms with Crippen molar-refractivity contribution in [2.24, 2.45) is 0 Å². The molecule has 0 radical (unpaired) electrons. The van der Waals surface area contributed by atoms with E-state index in [1.54, 1.807) is 6.08 Å². The summed E-state index contributed by atoms with van der Waals surface area (Å²) in [6, 6.07) is 8.16. The summed E-state index contributed by atoms with van der Waals surface area (Å²) in [7, 11) is 0. The lowest BCUT2D eigenvalue weighted by molar-refractivity contribution is -0.124. The summed E-state index contributed by atoms with van der Waals surface area (Å²) in [6.45, 7) is 3.88. The Labute approximate surface area is 96.6 Å². The molecule has 1 heterocycles. The van der Waals surface area contributed by atoms with Gasteiger partial charge in [0.25, 0.3) is 0 Å². The van der Waals surface area contributed by atoms with Crippen LogP contribution in [-0.2, 0) is 4.79 Å².